The number of nitrogens with one attached hydrogen (secondary N) is 1. The molecule has 2 bridgehead atoms. The lowest BCUT2D eigenvalue weighted by atomic mass is 9.95. The summed E-state index contributed by atoms with van der Waals surface area (Å²) in [6.07, 6.45) is 3.62. The predicted octanol–water partition coefficient (Wildman–Crippen LogP) is 4.12. The van der Waals surface area contributed by atoms with Gasteiger partial charge >= 0.3 is 6.18 Å². The summed E-state index contributed by atoms with van der Waals surface area (Å²) in [7, 11) is 0. The van der Waals surface area contributed by atoms with Gasteiger partial charge in [0, 0.05) is 36.9 Å². The first-order chi connectivity index (χ1) is 15.8. The van der Waals surface area contributed by atoms with E-state index < -0.39 is 11.7 Å². The molecule has 0 radical (unpaired) electrons. The second kappa shape index (κ2) is 8.09. The fourth-order valence-electron chi connectivity index (χ4n) is 4.85. The van der Waals surface area contributed by atoms with Crippen LogP contribution in [0.5, 0.6) is 0 Å². The van der Waals surface area contributed by atoms with Gasteiger partial charge in [0.2, 0.25) is 0 Å². The van der Waals surface area contributed by atoms with Gasteiger partial charge in [0.25, 0.3) is 5.91 Å². The Labute approximate surface area is 188 Å². The standard InChI is InChI=1S/C23H21F3N6O/c1-13-7-10-27-20(19(13)21-28-8-2-9-29-21)22(33)32-15-4-5-17(32)16(11-15)31-18-6-3-14(12-30-18)23(24,25)26/h2-3,6-10,12,15-17H,4-5,11H2,1H3,(H,30,31)/t15-,16-,17+/m1/s1. The van der Waals surface area contributed by atoms with E-state index >= 15 is 0 Å². The first-order valence-electron chi connectivity index (χ1n) is 10.7. The van der Waals surface area contributed by atoms with Crippen LogP contribution in [-0.4, -0.2) is 48.9 Å². The first kappa shape index (κ1) is 21.3. The van der Waals surface area contributed by atoms with E-state index in [9.17, 15) is 18.0 Å². The maximum absolute atomic E-state index is 13.6. The molecule has 3 aromatic heterocycles. The average Bonchev–Trinajstić information content (AvgIpc) is 3.36. The molecule has 3 aromatic rings. The number of carbonyl (C=O) groups excluding carboxylic acids is 1. The molecule has 5 heterocycles. The number of nitrogens with zero attached hydrogens (tertiary/aromatic N) is 5. The van der Waals surface area contributed by atoms with Crippen molar-refractivity contribution in [2.24, 2.45) is 0 Å². The Kier molecular flexibility index (Phi) is 5.22. The molecule has 5 rings (SSSR count). The van der Waals surface area contributed by atoms with Crippen molar-refractivity contribution in [1.82, 2.24) is 24.8 Å². The van der Waals surface area contributed by atoms with Gasteiger partial charge in [-0.2, -0.15) is 13.2 Å². The van der Waals surface area contributed by atoms with Gasteiger partial charge in [-0.1, -0.05) is 0 Å². The van der Waals surface area contributed by atoms with Crippen LogP contribution in [0, 0.1) is 6.92 Å². The van der Waals surface area contributed by atoms with Crippen LogP contribution in [-0.2, 0) is 6.18 Å². The van der Waals surface area contributed by atoms with Gasteiger partial charge in [-0.05, 0) is 56.0 Å². The van der Waals surface area contributed by atoms with Crippen molar-refractivity contribution in [1.29, 1.82) is 0 Å². The predicted molar refractivity (Wildman–Crippen MR) is 114 cm³/mol. The van der Waals surface area contributed by atoms with Crippen LogP contribution in [0.2, 0.25) is 0 Å². The van der Waals surface area contributed by atoms with E-state index in [-0.39, 0.29) is 24.0 Å². The quantitative estimate of drug-likeness (QED) is 0.639. The number of aryl methyl sites for hydroxylation is 1. The van der Waals surface area contributed by atoms with Crippen LogP contribution in [0.4, 0.5) is 19.0 Å². The molecule has 0 aliphatic carbocycles. The molecule has 0 spiro atoms. The van der Waals surface area contributed by atoms with Crippen LogP contribution >= 0.6 is 0 Å². The van der Waals surface area contributed by atoms with Crippen LogP contribution in [0.3, 0.4) is 0 Å². The van der Waals surface area contributed by atoms with E-state index in [4.69, 9.17) is 0 Å². The Balaban J connectivity index is 1.39. The van der Waals surface area contributed by atoms with Crippen molar-refractivity contribution in [3.8, 4) is 11.4 Å². The molecule has 3 atom stereocenters. The van der Waals surface area contributed by atoms with Gasteiger partial charge in [-0.25, -0.2) is 15.0 Å². The lowest BCUT2D eigenvalue weighted by molar-refractivity contribution is -0.137. The molecule has 0 saturated carbocycles. The molecule has 170 valence electrons. The minimum absolute atomic E-state index is 0.0290. The molecule has 2 aliphatic rings. The molecular formula is C23H21F3N6O. The highest BCUT2D eigenvalue weighted by Crippen LogP contribution is 2.41. The van der Waals surface area contributed by atoms with Gasteiger partial charge in [0.05, 0.1) is 17.2 Å². The number of hydrogen-bond acceptors (Lipinski definition) is 6. The number of hydrogen-bond donors (Lipinski definition) is 1. The summed E-state index contributed by atoms with van der Waals surface area (Å²) in [5.41, 5.74) is 0.989. The van der Waals surface area contributed by atoms with Crippen molar-refractivity contribution in [3.05, 3.63) is 65.9 Å². The Bertz CT molecular complexity index is 1170. The number of aromatic nitrogens is 4. The normalized spacial score (nSPS) is 21.9. The summed E-state index contributed by atoms with van der Waals surface area (Å²) in [6.45, 7) is 1.89. The van der Waals surface area contributed by atoms with E-state index in [0.717, 1.165) is 30.7 Å². The zero-order valence-electron chi connectivity index (χ0n) is 17.8. The van der Waals surface area contributed by atoms with Gasteiger partial charge < -0.3 is 10.2 Å². The molecule has 10 heteroatoms. The molecule has 0 aromatic carbocycles. The summed E-state index contributed by atoms with van der Waals surface area (Å²) in [5, 5.41) is 3.23. The van der Waals surface area contributed by atoms with Crippen LogP contribution < -0.4 is 5.32 Å². The van der Waals surface area contributed by atoms with Crippen LogP contribution in [0.1, 0.15) is 40.9 Å². The minimum Gasteiger partial charge on any atom is -0.365 e. The monoisotopic (exact) mass is 454 g/mol. The third kappa shape index (κ3) is 3.90. The average molecular weight is 454 g/mol. The fraction of sp³-hybridized carbons (Fsp3) is 0.348. The molecule has 33 heavy (non-hydrogen) atoms. The Morgan fingerprint density at radius 3 is 2.55 bits per heavy atom. The molecule has 2 saturated heterocycles. The topological polar surface area (TPSA) is 83.9 Å². The number of halogens is 3. The summed E-state index contributed by atoms with van der Waals surface area (Å²) < 4.78 is 38.4. The number of fused-ring (bicyclic) bond motifs is 2. The van der Waals surface area contributed by atoms with Crippen LogP contribution in [0.25, 0.3) is 11.4 Å². The number of pyridine rings is 2. The smallest absolute Gasteiger partial charge is 0.365 e. The van der Waals surface area contributed by atoms with Gasteiger partial charge in [-0.15, -0.1) is 0 Å². The van der Waals surface area contributed by atoms with E-state index in [1.165, 1.54) is 6.07 Å². The van der Waals surface area contributed by atoms with Gasteiger partial charge in [0.1, 0.15) is 11.5 Å². The van der Waals surface area contributed by atoms with E-state index in [1.54, 1.807) is 24.7 Å². The second-order valence-corrected chi connectivity index (χ2v) is 8.35. The molecule has 1 amide bonds. The molecule has 7 nitrogen and oxygen atoms in total. The highest BCUT2D eigenvalue weighted by Gasteiger charge is 2.49. The third-order valence-corrected chi connectivity index (χ3v) is 6.35. The zero-order valence-corrected chi connectivity index (χ0v) is 17.8. The highest BCUT2D eigenvalue weighted by atomic mass is 19.4. The van der Waals surface area contributed by atoms with Gasteiger partial charge in [0.15, 0.2) is 5.82 Å². The maximum Gasteiger partial charge on any atom is 0.417 e. The zero-order chi connectivity index (χ0) is 23.2. The molecule has 1 N–H and O–H groups in total. The van der Waals surface area contributed by atoms with Gasteiger partial charge in [-0.3, -0.25) is 9.78 Å². The largest absolute Gasteiger partial charge is 0.417 e. The summed E-state index contributed by atoms with van der Waals surface area (Å²) in [4.78, 5) is 32.4. The second-order valence-electron chi connectivity index (χ2n) is 8.35. The fourth-order valence-corrected chi connectivity index (χ4v) is 4.85. The number of rotatable bonds is 4. The maximum atomic E-state index is 13.6. The summed E-state index contributed by atoms with van der Waals surface area (Å²) in [5.74, 6) is 0.625. The molecule has 2 fully saturated rings. The van der Waals surface area contributed by atoms with E-state index in [1.807, 2.05) is 17.9 Å². The summed E-state index contributed by atoms with van der Waals surface area (Å²) in [6, 6.07) is 5.70. The minimum atomic E-state index is -4.43. The number of anilines is 1. The Hall–Kier alpha value is -3.56. The highest BCUT2D eigenvalue weighted by molar-refractivity contribution is 5.99. The number of carbonyl (C=O) groups is 1. The molecule has 2 aliphatic heterocycles. The summed E-state index contributed by atoms with van der Waals surface area (Å²) >= 11 is 0. The number of alkyl halides is 3. The molecular weight excluding hydrogens is 433 g/mol. The van der Waals surface area contributed by atoms with Crippen LogP contribution in [0.15, 0.2) is 49.1 Å². The van der Waals surface area contributed by atoms with E-state index in [2.05, 4.69) is 25.3 Å². The lowest BCUT2D eigenvalue weighted by Crippen LogP contribution is -2.40. The molecule has 0 unspecified atom stereocenters. The van der Waals surface area contributed by atoms with Crippen molar-refractivity contribution < 1.29 is 18.0 Å². The number of amides is 1. The van der Waals surface area contributed by atoms with Crippen molar-refractivity contribution >= 4 is 11.7 Å². The Morgan fingerprint density at radius 1 is 1.06 bits per heavy atom. The van der Waals surface area contributed by atoms with Crippen molar-refractivity contribution in [3.63, 3.8) is 0 Å². The third-order valence-electron chi connectivity index (χ3n) is 6.35. The van der Waals surface area contributed by atoms with E-state index in [0.29, 0.717) is 29.3 Å². The lowest BCUT2D eigenvalue weighted by Gasteiger charge is -2.26. The van der Waals surface area contributed by atoms with Crippen molar-refractivity contribution in [2.75, 3.05) is 5.32 Å². The van der Waals surface area contributed by atoms with Crippen molar-refractivity contribution in [2.45, 2.75) is 50.5 Å². The first-order valence-corrected chi connectivity index (χ1v) is 10.7. The Morgan fingerprint density at radius 2 is 1.85 bits per heavy atom. The SMILES string of the molecule is Cc1ccnc(C(=O)N2[C@@H]3CC[C@H]2[C@H](Nc2ccc(C(F)(F)F)cn2)C3)c1-c1ncccn1.